The Hall–Kier alpha value is -0.480. The van der Waals surface area contributed by atoms with Crippen molar-refractivity contribution in [3.05, 3.63) is 12.2 Å². The normalized spacial score (nSPS) is 13.1. The largest absolute Gasteiger partial charge is 0.342 e. The summed E-state index contributed by atoms with van der Waals surface area (Å²) in [6.07, 6.45) is 9.19. The van der Waals surface area contributed by atoms with Crippen LogP contribution in [0, 0.1) is 0 Å². The molecule has 4 N–H and O–H groups in total. The van der Waals surface area contributed by atoms with Crippen molar-refractivity contribution in [3.8, 4) is 0 Å². The maximum Gasteiger partial charge on any atom is 0.342 e. The summed E-state index contributed by atoms with van der Waals surface area (Å²) in [6.45, 7) is 5.38. The molecule has 0 bridgehead atoms. The zero-order valence-corrected chi connectivity index (χ0v) is 14.0. The first kappa shape index (κ1) is 20.5. The fourth-order valence-corrected chi connectivity index (χ4v) is 2.60. The fraction of sp³-hybridized carbons (Fsp3) is 0.800. The van der Waals surface area contributed by atoms with Crippen LogP contribution < -0.4 is 5.73 Å². The zero-order chi connectivity index (χ0) is 16.3. The van der Waals surface area contributed by atoms with Gasteiger partial charge in [0.15, 0.2) is 5.78 Å². The maximum absolute atomic E-state index is 11.3. The third kappa shape index (κ3) is 11.8. The van der Waals surface area contributed by atoms with Crippen LogP contribution in [0.4, 0.5) is 0 Å². The first-order valence-corrected chi connectivity index (χ1v) is 9.43. The lowest BCUT2D eigenvalue weighted by molar-refractivity contribution is -0.115. The molecule has 21 heavy (non-hydrogen) atoms. The summed E-state index contributed by atoms with van der Waals surface area (Å²) in [6, 6.07) is 0. The molecule has 0 heterocycles. The third-order valence-corrected chi connectivity index (χ3v) is 4.68. The second kappa shape index (κ2) is 11.1. The summed E-state index contributed by atoms with van der Waals surface area (Å²) in [5.74, 6) is -0.847. The fourth-order valence-electron chi connectivity index (χ4n) is 2.08. The van der Waals surface area contributed by atoms with Gasteiger partial charge in [-0.3, -0.25) is 9.36 Å². The van der Waals surface area contributed by atoms with Crippen molar-refractivity contribution in [1.82, 2.24) is 0 Å². The number of nitrogens with two attached hydrogens (primary N) is 1. The van der Waals surface area contributed by atoms with Gasteiger partial charge in [0, 0.05) is 6.42 Å². The van der Waals surface area contributed by atoms with Gasteiger partial charge in [-0.25, -0.2) is 0 Å². The van der Waals surface area contributed by atoms with E-state index in [2.05, 4.69) is 6.58 Å². The van der Waals surface area contributed by atoms with Gasteiger partial charge in [0.05, 0.1) is 0 Å². The van der Waals surface area contributed by atoms with Gasteiger partial charge in [0.2, 0.25) is 0 Å². The highest BCUT2D eigenvalue weighted by molar-refractivity contribution is 7.52. The average Bonchev–Trinajstić information content (AvgIpc) is 2.38. The Kier molecular flexibility index (Phi) is 10.9. The number of hydrogen-bond acceptors (Lipinski definition) is 3. The highest BCUT2D eigenvalue weighted by Gasteiger charge is 2.23. The molecule has 1 atom stereocenters. The Balaban J connectivity index is 3.32. The molecule has 0 aromatic carbocycles. The summed E-state index contributed by atoms with van der Waals surface area (Å²) >= 11 is 0. The molecule has 5 nitrogen and oxygen atoms in total. The van der Waals surface area contributed by atoms with E-state index < -0.39 is 13.4 Å². The van der Waals surface area contributed by atoms with E-state index in [4.69, 9.17) is 15.5 Å². The van der Waals surface area contributed by atoms with Crippen LogP contribution in [0.15, 0.2) is 12.2 Å². The van der Waals surface area contributed by atoms with E-state index in [1.54, 1.807) is 6.92 Å². The molecule has 0 saturated carbocycles. The van der Waals surface area contributed by atoms with E-state index in [9.17, 15) is 9.36 Å². The van der Waals surface area contributed by atoms with E-state index >= 15 is 0 Å². The van der Waals surface area contributed by atoms with Gasteiger partial charge in [-0.1, -0.05) is 51.5 Å². The van der Waals surface area contributed by atoms with Crippen LogP contribution in [-0.4, -0.2) is 21.4 Å². The topological polar surface area (TPSA) is 101 Å². The first-order valence-electron chi connectivity index (χ1n) is 7.74. The number of hydrogen-bond donors (Lipinski definition) is 3. The standard InChI is InChI=1S/C15H30NO4P/c1-13(2)14(17)11-9-7-5-3-4-6-8-10-12-15(16)21(18,19)20/h15H,1,3-12,16H2,2H3,(H2,18,19,20). The molecule has 6 heteroatoms. The second-order valence-electron chi connectivity index (χ2n) is 5.73. The van der Waals surface area contributed by atoms with Gasteiger partial charge in [0.25, 0.3) is 0 Å². The SMILES string of the molecule is C=C(C)C(=O)CCCCCCCCCCC(N)P(=O)(O)O. The molecule has 0 fully saturated rings. The van der Waals surface area contributed by atoms with E-state index in [1.165, 1.54) is 0 Å². The van der Waals surface area contributed by atoms with E-state index in [0.717, 1.165) is 51.4 Å². The van der Waals surface area contributed by atoms with Crippen molar-refractivity contribution >= 4 is 13.4 Å². The number of allylic oxidation sites excluding steroid dienone is 1. The Morgan fingerprint density at radius 3 is 1.90 bits per heavy atom. The predicted molar refractivity (Wildman–Crippen MR) is 86.0 cm³/mol. The average molecular weight is 319 g/mol. The molecule has 0 amide bonds. The summed E-state index contributed by atoms with van der Waals surface area (Å²) in [5.41, 5.74) is 6.04. The molecule has 0 spiro atoms. The van der Waals surface area contributed by atoms with Crippen LogP contribution in [-0.2, 0) is 9.36 Å². The number of carbonyl (C=O) groups excluding carboxylic acids is 1. The van der Waals surface area contributed by atoms with Crippen LogP contribution in [0.5, 0.6) is 0 Å². The Morgan fingerprint density at radius 2 is 1.48 bits per heavy atom. The second-order valence-corrected chi connectivity index (χ2v) is 7.57. The molecule has 0 rings (SSSR count). The van der Waals surface area contributed by atoms with Crippen molar-refractivity contribution in [2.45, 2.75) is 76.9 Å². The van der Waals surface area contributed by atoms with Crippen LogP contribution in [0.25, 0.3) is 0 Å². The number of Topliss-reactive ketones (excluding diaryl/α,β-unsaturated/α-hetero) is 1. The van der Waals surface area contributed by atoms with Crippen LogP contribution >= 0.6 is 7.60 Å². The lowest BCUT2D eigenvalue weighted by Gasteiger charge is -2.12. The Bertz CT molecular complexity index is 365. The van der Waals surface area contributed by atoms with Crippen molar-refractivity contribution < 1.29 is 19.1 Å². The van der Waals surface area contributed by atoms with Crippen LogP contribution in [0.3, 0.4) is 0 Å². The van der Waals surface area contributed by atoms with Gasteiger partial charge >= 0.3 is 7.60 Å². The number of unbranched alkanes of at least 4 members (excludes halogenated alkanes) is 7. The summed E-state index contributed by atoms with van der Waals surface area (Å²) < 4.78 is 10.8. The van der Waals surface area contributed by atoms with Crippen molar-refractivity contribution in [2.24, 2.45) is 5.73 Å². The van der Waals surface area contributed by atoms with Crippen molar-refractivity contribution in [1.29, 1.82) is 0 Å². The van der Waals surface area contributed by atoms with Gasteiger partial charge in [-0.2, -0.15) is 0 Å². The third-order valence-electron chi connectivity index (χ3n) is 3.56. The smallest absolute Gasteiger partial charge is 0.323 e. The van der Waals surface area contributed by atoms with Crippen molar-refractivity contribution in [2.75, 3.05) is 0 Å². The molecular formula is C15H30NO4P. The highest BCUT2D eigenvalue weighted by Crippen LogP contribution is 2.40. The highest BCUT2D eigenvalue weighted by atomic mass is 31.2. The molecular weight excluding hydrogens is 289 g/mol. The van der Waals surface area contributed by atoms with Crippen LogP contribution in [0.1, 0.15) is 71.1 Å². The molecule has 0 aliphatic carbocycles. The quantitative estimate of drug-likeness (QED) is 0.274. The van der Waals surface area contributed by atoms with Crippen molar-refractivity contribution in [3.63, 3.8) is 0 Å². The number of rotatable bonds is 13. The zero-order valence-electron chi connectivity index (χ0n) is 13.1. The number of ketones is 1. The Morgan fingerprint density at radius 1 is 1.05 bits per heavy atom. The predicted octanol–water partition coefficient (Wildman–Crippen LogP) is 3.50. The lowest BCUT2D eigenvalue weighted by atomic mass is 10.0. The lowest BCUT2D eigenvalue weighted by Crippen LogP contribution is -2.19. The van der Waals surface area contributed by atoms with Gasteiger partial charge in [-0.15, -0.1) is 0 Å². The number of carbonyl (C=O) groups is 1. The minimum Gasteiger partial charge on any atom is -0.323 e. The minimum absolute atomic E-state index is 0.163. The molecule has 124 valence electrons. The summed E-state index contributed by atoms with van der Waals surface area (Å²) in [7, 11) is -4.10. The molecule has 0 aliphatic heterocycles. The molecule has 0 aromatic rings. The monoisotopic (exact) mass is 319 g/mol. The summed E-state index contributed by atoms with van der Waals surface area (Å²) in [5, 5.41) is 0. The molecule has 0 aliphatic rings. The Labute approximate surface area is 128 Å². The molecule has 0 radical (unpaired) electrons. The van der Waals surface area contributed by atoms with Crippen LogP contribution in [0.2, 0.25) is 0 Å². The minimum atomic E-state index is -4.10. The maximum atomic E-state index is 11.3. The first-order chi connectivity index (χ1) is 9.75. The van der Waals surface area contributed by atoms with Gasteiger partial charge < -0.3 is 15.5 Å². The van der Waals surface area contributed by atoms with E-state index in [1.807, 2.05) is 0 Å². The van der Waals surface area contributed by atoms with E-state index in [-0.39, 0.29) is 5.78 Å². The molecule has 0 aromatic heterocycles. The molecule has 0 saturated heterocycles. The van der Waals surface area contributed by atoms with Gasteiger partial charge in [0.1, 0.15) is 5.78 Å². The van der Waals surface area contributed by atoms with Gasteiger partial charge in [-0.05, 0) is 25.3 Å². The van der Waals surface area contributed by atoms with E-state index in [0.29, 0.717) is 18.4 Å². The molecule has 1 unspecified atom stereocenters. The summed E-state index contributed by atoms with van der Waals surface area (Å²) in [4.78, 5) is 29.0.